The Bertz CT molecular complexity index is 2100. The number of nitrogens with one attached hydrogen (secondary N) is 4. The van der Waals surface area contributed by atoms with E-state index in [1.54, 1.807) is 56.7 Å². The van der Waals surface area contributed by atoms with Crippen molar-refractivity contribution in [3.05, 3.63) is 70.4 Å². The molecule has 0 saturated carbocycles. The molecule has 2 saturated heterocycles. The van der Waals surface area contributed by atoms with E-state index in [4.69, 9.17) is 0 Å². The molecule has 15 heteroatoms. The number of aryl methyl sites for hydroxylation is 1. The Kier molecular flexibility index (Phi) is 15.4. The normalized spacial score (nSPS) is 21.6. The number of amides is 4. The first kappa shape index (κ1) is 46.1. The van der Waals surface area contributed by atoms with Gasteiger partial charge in [-0.15, -0.1) is 0 Å². The summed E-state index contributed by atoms with van der Waals surface area (Å²) in [5, 5.41) is 31.3. The van der Waals surface area contributed by atoms with Crippen molar-refractivity contribution < 1.29 is 38.2 Å². The number of β-amino-alcohol motifs (C(OH)–C–C–N with tert-alkyl or cyclic N) is 2. The number of H-pyrrole nitrogens is 1. The third kappa shape index (κ3) is 10.1. The van der Waals surface area contributed by atoms with Crippen molar-refractivity contribution >= 4 is 52.5 Å². The standard InChI is InChI=1S/C45H61F2N7O6/c1-9-24(4)42(57)51-37(10-2)44(59)54-23-32(56)19-30(54)21-36-34-15-13-28(47)17-39(34)50-41(36)40(49-8)35(33-14-12-27(46)16-25(33)5)20-29-18-31(55)22-53(29)45(60)38(11-3)52-43(58)26(6)48-7/h12-17,24,26,29-32,37-38,48,50,55-56H,8-11,18-23H2,1-7H3,(H,51,57)(H,52,58)/b40-35-/t24-,26+,29+,30+,31?,32?,37+,38+/m1/s1. The number of aliphatic hydroxyl groups is 2. The number of aromatic nitrogens is 1. The van der Waals surface area contributed by atoms with Gasteiger partial charge < -0.3 is 40.9 Å². The van der Waals surface area contributed by atoms with Crippen molar-refractivity contribution in [1.82, 2.24) is 30.7 Å². The van der Waals surface area contributed by atoms with Gasteiger partial charge in [0.2, 0.25) is 23.6 Å². The molecule has 0 aliphatic carbocycles. The smallest absolute Gasteiger partial charge is 0.245 e. The van der Waals surface area contributed by atoms with E-state index >= 15 is 0 Å². The summed E-state index contributed by atoms with van der Waals surface area (Å²) in [5.41, 5.74) is 3.69. The maximum atomic E-state index is 14.9. The molecule has 6 N–H and O–H groups in total. The van der Waals surface area contributed by atoms with Crippen LogP contribution in [0.2, 0.25) is 0 Å². The molecule has 8 atom stereocenters. The molecule has 60 heavy (non-hydrogen) atoms. The van der Waals surface area contributed by atoms with Gasteiger partial charge in [-0.2, -0.15) is 0 Å². The summed E-state index contributed by atoms with van der Waals surface area (Å²) >= 11 is 0. The average molecular weight is 834 g/mol. The van der Waals surface area contributed by atoms with Gasteiger partial charge in [0.25, 0.3) is 0 Å². The second kappa shape index (κ2) is 20.0. The molecule has 0 bridgehead atoms. The quantitative estimate of drug-likeness (QED) is 0.108. The lowest BCUT2D eigenvalue weighted by Crippen LogP contribution is -2.53. The summed E-state index contributed by atoms with van der Waals surface area (Å²) < 4.78 is 29.5. The minimum Gasteiger partial charge on any atom is -0.391 e. The van der Waals surface area contributed by atoms with Crippen LogP contribution in [0.5, 0.6) is 0 Å². The number of hydrogen-bond acceptors (Lipinski definition) is 8. The van der Waals surface area contributed by atoms with Crippen molar-refractivity contribution in [2.45, 2.75) is 129 Å². The SMILES string of the molecule is C=N/C(=C(/C[C@@H]1CC(O)CN1C(=O)[C@H](CC)NC(=O)[C@H](C)NC)c1ccc(F)cc1C)c1[nH]c2cc(F)ccc2c1C[C@@H]1CC(O)CN1C(=O)[C@H](CC)NC(=O)[C@H](C)CC. The first-order valence-corrected chi connectivity index (χ1v) is 21.1. The van der Waals surface area contributed by atoms with Crippen LogP contribution < -0.4 is 16.0 Å². The number of rotatable bonds is 17. The number of carbonyl (C=O) groups excluding carboxylic acids is 4. The highest BCUT2D eigenvalue weighted by molar-refractivity contribution is 5.98. The third-order valence-electron chi connectivity index (χ3n) is 12.2. The zero-order valence-electron chi connectivity index (χ0n) is 35.8. The minimum atomic E-state index is -0.857. The van der Waals surface area contributed by atoms with Gasteiger partial charge >= 0.3 is 0 Å². The Balaban J connectivity index is 1.62. The maximum Gasteiger partial charge on any atom is 0.245 e. The number of likely N-dealkylation sites (N-methyl/N-ethyl adjacent to an activating group) is 1. The number of aliphatic hydroxyl groups excluding tert-OH is 2. The Morgan fingerprint density at radius 2 is 1.43 bits per heavy atom. The van der Waals surface area contributed by atoms with Crippen LogP contribution in [0.3, 0.4) is 0 Å². The van der Waals surface area contributed by atoms with Gasteiger partial charge in [0.15, 0.2) is 0 Å². The van der Waals surface area contributed by atoms with Crippen molar-refractivity contribution in [2.75, 3.05) is 20.1 Å². The number of carbonyl (C=O) groups is 4. The number of fused-ring (bicyclic) bond motifs is 1. The Hall–Kier alpha value is -4.99. The molecule has 5 rings (SSSR count). The van der Waals surface area contributed by atoms with Gasteiger partial charge in [-0.05, 0) is 125 Å². The number of likely N-dealkylation sites (tertiary alicyclic amines) is 2. The molecule has 2 aromatic carbocycles. The predicted octanol–water partition coefficient (Wildman–Crippen LogP) is 4.62. The average Bonchev–Trinajstić information content (AvgIpc) is 3.90. The summed E-state index contributed by atoms with van der Waals surface area (Å²) in [4.78, 5) is 65.1. The molecule has 2 unspecified atom stereocenters. The maximum absolute atomic E-state index is 14.9. The molecule has 1 aromatic heterocycles. The third-order valence-corrected chi connectivity index (χ3v) is 12.2. The van der Waals surface area contributed by atoms with E-state index < -0.39 is 54.1 Å². The number of aromatic amines is 1. The van der Waals surface area contributed by atoms with Gasteiger partial charge in [0, 0.05) is 42.0 Å². The number of benzene rings is 2. The van der Waals surface area contributed by atoms with Gasteiger partial charge in [0.05, 0.1) is 29.6 Å². The number of aliphatic imine (C=N–C) groups is 1. The highest BCUT2D eigenvalue weighted by Gasteiger charge is 2.41. The molecule has 13 nitrogen and oxygen atoms in total. The van der Waals surface area contributed by atoms with Crippen LogP contribution in [-0.2, 0) is 25.6 Å². The fraction of sp³-hybridized carbons (Fsp3) is 0.533. The predicted molar refractivity (Wildman–Crippen MR) is 229 cm³/mol. The number of hydrogen-bond donors (Lipinski definition) is 6. The first-order valence-electron chi connectivity index (χ1n) is 21.1. The van der Waals surface area contributed by atoms with E-state index in [1.165, 1.54) is 24.3 Å². The molecule has 2 aliphatic heterocycles. The monoisotopic (exact) mass is 833 g/mol. The lowest BCUT2D eigenvalue weighted by Gasteiger charge is -2.31. The largest absolute Gasteiger partial charge is 0.391 e. The number of nitrogens with zero attached hydrogens (tertiary/aromatic N) is 3. The zero-order chi connectivity index (χ0) is 44.0. The van der Waals surface area contributed by atoms with Crippen LogP contribution in [0.1, 0.15) is 95.5 Å². The van der Waals surface area contributed by atoms with Crippen LogP contribution in [0, 0.1) is 24.5 Å². The molecule has 3 aromatic rings. The lowest BCUT2D eigenvalue weighted by atomic mass is 9.89. The van der Waals surface area contributed by atoms with E-state index in [-0.39, 0.29) is 68.3 Å². The van der Waals surface area contributed by atoms with Crippen molar-refractivity contribution in [3.63, 3.8) is 0 Å². The molecule has 0 spiro atoms. The Morgan fingerprint density at radius 1 is 0.867 bits per heavy atom. The molecular formula is C45H61F2N7O6. The van der Waals surface area contributed by atoms with Crippen molar-refractivity contribution in [3.8, 4) is 0 Å². The molecule has 2 aliphatic rings. The molecule has 3 heterocycles. The van der Waals surface area contributed by atoms with E-state index in [9.17, 15) is 38.2 Å². The van der Waals surface area contributed by atoms with Crippen LogP contribution in [0.15, 0.2) is 41.4 Å². The van der Waals surface area contributed by atoms with Crippen LogP contribution in [-0.4, -0.2) is 118 Å². The van der Waals surface area contributed by atoms with E-state index in [0.717, 1.165) is 0 Å². The van der Waals surface area contributed by atoms with Gasteiger partial charge in [-0.1, -0.05) is 33.8 Å². The van der Waals surface area contributed by atoms with Gasteiger partial charge in [-0.3, -0.25) is 24.2 Å². The van der Waals surface area contributed by atoms with E-state index in [2.05, 4.69) is 32.6 Å². The van der Waals surface area contributed by atoms with Crippen molar-refractivity contribution in [2.24, 2.45) is 10.9 Å². The molecular weight excluding hydrogens is 773 g/mol. The molecule has 0 radical (unpaired) electrons. The minimum absolute atomic E-state index is 0.0331. The van der Waals surface area contributed by atoms with Crippen LogP contribution in [0.4, 0.5) is 8.78 Å². The summed E-state index contributed by atoms with van der Waals surface area (Å²) in [6.07, 6.45) is 0.410. The first-order chi connectivity index (χ1) is 28.5. The topological polar surface area (TPSA) is 179 Å². The zero-order valence-corrected chi connectivity index (χ0v) is 35.8. The van der Waals surface area contributed by atoms with Crippen LogP contribution >= 0.6 is 0 Å². The highest BCUT2D eigenvalue weighted by Crippen LogP contribution is 2.40. The van der Waals surface area contributed by atoms with E-state index in [1.807, 2.05) is 13.8 Å². The number of halogens is 2. The fourth-order valence-electron chi connectivity index (χ4n) is 8.45. The van der Waals surface area contributed by atoms with Crippen LogP contribution in [0.25, 0.3) is 22.2 Å². The van der Waals surface area contributed by atoms with Crippen molar-refractivity contribution in [1.29, 1.82) is 0 Å². The summed E-state index contributed by atoms with van der Waals surface area (Å²) in [7, 11) is 1.65. The Labute approximate surface area is 351 Å². The second-order valence-corrected chi connectivity index (χ2v) is 16.3. The van der Waals surface area contributed by atoms with Gasteiger partial charge in [0.1, 0.15) is 23.7 Å². The molecule has 326 valence electrons. The summed E-state index contributed by atoms with van der Waals surface area (Å²) in [6.45, 7) is 14.8. The highest BCUT2D eigenvalue weighted by atomic mass is 19.1. The summed E-state index contributed by atoms with van der Waals surface area (Å²) in [6, 6.07) is 5.42. The lowest BCUT2D eigenvalue weighted by molar-refractivity contribution is -0.138. The van der Waals surface area contributed by atoms with Gasteiger partial charge in [-0.25, -0.2) is 8.78 Å². The Morgan fingerprint density at radius 3 is 2.00 bits per heavy atom. The molecule has 4 amide bonds. The fourth-order valence-corrected chi connectivity index (χ4v) is 8.45. The molecule has 2 fully saturated rings. The second-order valence-electron chi connectivity index (χ2n) is 16.3. The summed E-state index contributed by atoms with van der Waals surface area (Å²) in [5.74, 6) is -2.44. The van der Waals surface area contributed by atoms with E-state index in [0.29, 0.717) is 63.8 Å².